The standard InChI is InChI=1S/C19H20ClNO5S/c1-11-4-8-17(27-11)15(22)6-9-18(23)26-12(2)19(24)21-13-5-7-16(25-3)14(20)10-13/h4-5,7-8,10,12H,6,9H2,1-3H3,(H,21,24)/t12-/m1/s1. The number of hydrogen-bond donors (Lipinski definition) is 1. The number of ketones is 1. The van der Waals surface area contributed by atoms with Crippen LogP contribution >= 0.6 is 22.9 Å². The van der Waals surface area contributed by atoms with Crippen LogP contribution in [-0.4, -0.2) is 30.9 Å². The number of esters is 1. The van der Waals surface area contributed by atoms with Gasteiger partial charge in [-0.25, -0.2) is 0 Å². The summed E-state index contributed by atoms with van der Waals surface area (Å²) in [5.41, 5.74) is 0.456. The number of nitrogens with one attached hydrogen (secondary N) is 1. The van der Waals surface area contributed by atoms with Crippen LogP contribution in [0, 0.1) is 6.92 Å². The minimum atomic E-state index is -1.00. The summed E-state index contributed by atoms with van der Waals surface area (Å²) in [5.74, 6) is -0.730. The molecule has 0 aliphatic carbocycles. The van der Waals surface area contributed by atoms with E-state index in [-0.39, 0.29) is 18.6 Å². The van der Waals surface area contributed by atoms with E-state index in [9.17, 15) is 14.4 Å². The number of anilines is 1. The zero-order chi connectivity index (χ0) is 20.0. The number of thiophene rings is 1. The molecule has 6 nitrogen and oxygen atoms in total. The van der Waals surface area contributed by atoms with E-state index in [0.29, 0.717) is 21.3 Å². The van der Waals surface area contributed by atoms with Crippen LogP contribution in [-0.2, 0) is 14.3 Å². The first kappa shape index (κ1) is 20.9. The number of ether oxygens (including phenoxy) is 2. The van der Waals surface area contributed by atoms with Crippen molar-refractivity contribution in [2.24, 2.45) is 0 Å². The van der Waals surface area contributed by atoms with Gasteiger partial charge < -0.3 is 14.8 Å². The summed E-state index contributed by atoms with van der Waals surface area (Å²) in [4.78, 5) is 37.7. The molecular weight excluding hydrogens is 390 g/mol. The Kier molecular flexibility index (Phi) is 7.38. The van der Waals surface area contributed by atoms with E-state index >= 15 is 0 Å². The first-order chi connectivity index (χ1) is 12.8. The maximum absolute atomic E-state index is 12.1. The van der Waals surface area contributed by atoms with Gasteiger partial charge >= 0.3 is 5.97 Å². The average Bonchev–Trinajstić information content (AvgIpc) is 3.06. The lowest BCUT2D eigenvalue weighted by molar-refractivity contribution is -0.153. The maximum Gasteiger partial charge on any atom is 0.307 e. The van der Waals surface area contributed by atoms with Gasteiger partial charge in [0.05, 0.1) is 23.4 Å². The van der Waals surface area contributed by atoms with Crippen molar-refractivity contribution in [3.05, 3.63) is 45.1 Å². The molecule has 8 heteroatoms. The molecule has 144 valence electrons. The number of hydrogen-bond acceptors (Lipinski definition) is 6. The molecule has 0 bridgehead atoms. The van der Waals surface area contributed by atoms with Crippen molar-refractivity contribution in [2.75, 3.05) is 12.4 Å². The number of methoxy groups -OCH3 is 1. The van der Waals surface area contributed by atoms with Crippen molar-refractivity contribution in [1.29, 1.82) is 0 Å². The molecule has 1 aromatic heterocycles. The van der Waals surface area contributed by atoms with Gasteiger partial charge in [0.25, 0.3) is 5.91 Å². The van der Waals surface area contributed by atoms with Crippen LogP contribution < -0.4 is 10.1 Å². The highest BCUT2D eigenvalue weighted by molar-refractivity contribution is 7.14. The SMILES string of the molecule is COc1ccc(NC(=O)[C@@H](C)OC(=O)CCC(=O)c2ccc(C)s2)cc1Cl. The third-order valence-electron chi connectivity index (χ3n) is 3.67. The molecule has 0 radical (unpaired) electrons. The molecule has 27 heavy (non-hydrogen) atoms. The van der Waals surface area contributed by atoms with Gasteiger partial charge in [-0.1, -0.05) is 11.6 Å². The molecule has 1 atom stereocenters. The Labute approximate surface area is 166 Å². The fraction of sp³-hybridized carbons (Fsp3) is 0.316. The fourth-order valence-corrected chi connectivity index (χ4v) is 3.31. The maximum atomic E-state index is 12.1. The van der Waals surface area contributed by atoms with Crippen LogP contribution in [0.4, 0.5) is 5.69 Å². The Hall–Kier alpha value is -2.38. The van der Waals surface area contributed by atoms with Gasteiger partial charge in [0.1, 0.15) is 5.75 Å². The Balaban J connectivity index is 1.81. The van der Waals surface area contributed by atoms with Crippen LogP contribution in [0.3, 0.4) is 0 Å². The topological polar surface area (TPSA) is 81.7 Å². The molecule has 1 amide bonds. The Bertz CT molecular complexity index is 848. The van der Waals surface area contributed by atoms with E-state index in [1.54, 1.807) is 18.2 Å². The van der Waals surface area contributed by atoms with Gasteiger partial charge in [0.15, 0.2) is 11.9 Å². The smallest absolute Gasteiger partial charge is 0.307 e. The van der Waals surface area contributed by atoms with Crippen LogP contribution in [0.1, 0.15) is 34.3 Å². The summed E-state index contributed by atoms with van der Waals surface area (Å²) in [6.45, 7) is 3.37. The molecule has 0 saturated carbocycles. The van der Waals surface area contributed by atoms with E-state index in [1.165, 1.54) is 31.4 Å². The molecule has 0 aliphatic heterocycles. The van der Waals surface area contributed by atoms with E-state index in [2.05, 4.69) is 5.32 Å². The van der Waals surface area contributed by atoms with Crippen molar-refractivity contribution in [3.63, 3.8) is 0 Å². The lowest BCUT2D eigenvalue weighted by Crippen LogP contribution is -2.30. The van der Waals surface area contributed by atoms with Gasteiger partial charge in [0, 0.05) is 17.0 Å². The number of benzene rings is 1. The predicted octanol–water partition coefficient (Wildman–Crippen LogP) is 4.25. The Morgan fingerprint density at radius 2 is 1.93 bits per heavy atom. The second-order valence-electron chi connectivity index (χ2n) is 5.80. The van der Waals surface area contributed by atoms with Crippen molar-refractivity contribution >= 4 is 46.3 Å². The minimum Gasteiger partial charge on any atom is -0.495 e. The predicted molar refractivity (Wildman–Crippen MR) is 105 cm³/mol. The minimum absolute atomic E-state index is 0.0429. The largest absolute Gasteiger partial charge is 0.495 e. The highest BCUT2D eigenvalue weighted by Crippen LogP contribution is 2.27. The number of carbonyl (C=O) groups excluding carboxylic acids is 3. The molecular formula is C19H20ClNO5S. The molecule has 2 rings (SSSR count). The van der Waals surface area contributed by atoms with Crippen molar-refractivity contribution in [3.8, 4) is 5.75 Å². The van der Waals surface area contributed by atoms with Crippen molar-refractivity contribution in [1.82, 2.24) is 0 Å². The quantitative estimate of drug-likeness (QED) is 0.520. The molecule has 1 aromatic carbocycles. The normalized spacial score (nSPS) is 11.6. The lowest BCUT2D eigenvalue weighted by Gasteiger charge is -2.14. The zero-order valence-electron chi connectivity index (χ0n) is 15.2. The summed E-state index contributed by atoms with van der Waals surface area (Å²) in [6.07, 6.45) is -1.04. The highest BCUT2D eigenvalue weighted by atomic mass is 35.5. The molecule has 0 fully saturated rings. The Morgan fingerprint density at radius 3 is 2.52 bits per heavy atom. The summed E-state index contributed by atoms with van der Waals surface area (Å²) in [7, 11) is 1.49. The van der Waals surface area contributed by atoms with Gasteiger partial charge in [-0.2, -0.15) is 0 Å². The van der Waals surface area contributed by atoms with Crippen LogP contribution in [0.5, 0.6) is 5.75 Å². The number of aryl methyl sites for hydroxylation is 1. The van der Waals surface area contributed by atoms with E-state index < -0.39 is 18.0 Å². The number of amides is 1. The van der Waals surface area contributed by atoms with E-state index in [4.69, 9.17) is 21.1 Å². The van der Waals surface area contributed by atoms with Gasteiger partial charge in [-0.05, 0) is 44.2 Å². The van der Waals surface area contributed by atoms with Crippen molar-refractivity contribution < 1.29 is 23.9 Å². The second-order valence-corrected chi connectivity index (χ2v) is 7.50. The molecule has 0 unspecified atom stereocenters. The molecule has 0 saturated heterocycles. The van der Waals surface area contributed by atoms with E-state index in [0.717, 1.165) is 4.88 Å². The summed E-state index contributed by atoms with van der Waals surface area (Å²) in [6, 6.07) is 8.37. The van der Waals surface area contributed by atoms with Gasteiger partial charge in [0.2, 0.25) is 0 Å². The highest BCUT2D eigenvalue weighted by Gasteiger charge is 2.19. The van der Waals surface area contributed by atoms with Gasteiger partial charge in [-0.15, -0.1) is 11.3 Å². The number of Topliss-reactive ketones (excluding diaryl/α,β-unsaturated/α-hetero) is 1. The van der Waals surface area contributed by atoms with Crippen LogP contribution in [0.2, 0.25) is 5.02 Å². The summed E-state index contributed by atoms with van der Waals surface area (Å²) < 4.78 is 10.1. The van der Waals surface area contributed by atoms with Crippen LogP contribution in [0.25, 0.3) is 0 Å². The third-order valence-corrected chi connectivity index (χ3v) is 5.01. The van der Waals surface area contributed by atoms with Gasteiger partial charge in [-0.3, -0.25) is 14.4 Å². The molecule has 0 spiro atoms. The average molecular weight is 410 g/mol. The second kappa shape index (κ2) is 9.53. The zero-order valence-corrected chi connectivity index (χ0v) is 16.8. The molecule has 0 aliphatic rings. The fourth-order valence-electron chi connectivity index (χ4n) is 2.22. The molecule has 2 aromatic rings. The third kappa shape index (κ3) is 6.08. The summed E-state index contributed by atoms with van der Waals surface area (Å²) in [5, 5.41) is 2.96. The summed E-state index contributed by atoms with van der Waals surface area (Å²) >= 11 is 7.39. The Morgan fingerprint density at radius 1 is 1.19 bits per heavy atom. The van der Waals surface area contributed by atoms with Crippen LogP contribution in [0.15, 0.2) is 30.3 Å². The number of carbonyl (C=O) groups is 3. The molecule has 1 N–H and O–H groups in total. The van der Waals surface area contributed by atoms with Crippen molar-refractivity contribution in [2.45, 2.75) is 32.8 Å². The number of halogens is 1. The first-order valence-electron chi connectivity index (χ1n) is 8.23. The monoisotopic (exact) mass is 409 g/mol. The molecule has 1 heterocycles. The van der Waals surface area contributed by atoms with E-state index in [1.807, 2.05) is 13.0 Å². The first-order valence-corrected chi connectivity index (χ1v) is 9.43. The lowest BCUT2D eigenvalue weighted by atomic mass is 10.2. The number of rotatable bonds is 8.